The highest BCUT2D eigenvalue weighted by molar-refractivity contribution is 6.00. The third-order valence-corrected chi connectivity index (χ3v) is 8.93. The van der Waals surface area contributed by atoms with Crippen molar-refractivity contribution < 1.29 is 24.2 Å². The molecule has 1 aromatic carbocycles. The zero-order valence-electron chi connectivity index (χ0n) is 23.3. The van der Waals surface area contributed by atoms with Crippen molar-refractivity contribution in [2.24, 2.45) is 11.8 Å². The molecule has 39 heavy (non-hydrogen) atoms. The molecule has 6 atom stereocenters. The molecule has 2 unspecified atom stereocenters. The molecule has 0 saturated carbocycles. The van der Waals surface area contributed by atoms with Crippen LogP contribution in [0.2, 0.25) is 0 Å². The molecule has 4 aliphatic rings. The summed E-state index contributed by atoms with van der Waals surface area (Å²) in [5, 5.41) is 9.40. The SMILES string of the molecule is CCCC(C)N1CC=C[C@]23O[C@@]4(C)C=CCN(Cc5ccccc5)C(=O)[C@H]4[C@H]2C(=O)N(CCCCO)C3C1=O. The lowest BCUT2D eigenvalue weighted by Crippen LogP contribution is -2.57. The number of carbonyl (C=O) groups excluding carboxylic acids is 3. The van der Waals surface area contributed by atoms with E-state index in [1.807, 2.05) is 73.4 Å². The lowest BCUT2D eigenvalue weighted by atomic mass is 9.74. The summed E-state index contributed by atoms with van der Waals surface area (Å²) in [5.74, 6) is -2.03. The largest absolute Gasteiger partial charge is 0.396 e. The van der Waals surface area contributed by atoms with Gasteiger partial charge in [0.05, 0.1) is 17.4 Å². The van der Waals surface area contributed by atoms with Crippen LogP contribution >= 0.6 is 0 Å². The molecule has 1 aromatic rings. The fraction of sp³-hybridized carbons (Fsp3) is 0.581. The van der Waals surface area contributed by atoms with Gasteiger partial charge in [0, 0.05) is 38.8 Å². The van der Waals surface area contributed by atoms with E-state index < -0.39 is 29.1 Å². The van der Waals surface area contributed by atoms with E-state index in [1.54, 1.807) is 9.80 Å². The maximum absolute atomic E-state index is 14.3. The van der Waals surface area contributed by atoms with E-state index in [9.17, 15) is 19.5 Å². The number of likely N-dealkylation sites (tertiary alicyclic amines) is 1. The fourth-order valence-corrected chi connectivity index (χ4v) is 7.14. The summed E-state index contributed by atoms with van der Waals surface area (Å²) in [6.07, 6.45) is 10.6. The molecule has 0 radical (unpaired) electrons. The van der Waals surface area contributed by atoms with Crippen LogP contribution in [0.4, 0.5) is 0 Å². The van der Waals surface area contributed by atoms with Crippen LogP contribution in [-0.2, 0) is 25.7 Å². The average molecular weight is 536 g/mol. The summed E-state index contributed by atoms with van der Waals surface area (Å²) >= 11 is 0. The second kappa shape index (κ2) is 10.9. The number of benzene rings is 1. The van der Waals surface area contributed by atoms with Crippen molar-refractivity contribution in [1.29, 1.82) is 0 Å². The van der Waals surface area contributed by atoms with Gasteiger partial charge in [-0.15, -0.1) is 0 Å². The minimum atomic E-state index is -1.23. The first-order valence-electron chi connectivity index (χ1n) is 14.4. The molecule has 8 nitrogen and oxygen atoms in total. The van der Waals surface area contributed by atoms with Crippen LogP contribution in [0.1, 0.15) is 52.0 Å². The molecule has 4 heterocycles. The minimum Gasteiger partial charge on any atom is -0.396 e. The van der Waals surface area contributed by atoms with Crippen LogP contribution in [0.5, 0.6) is 0 Å². The number of aliphatic hydroxyl groups excluding tert-OH is 1. The molecule has 2 fully saturated rings. The van der Waals surface area contributed by atoms with E-state index in [1.165, 1.54) is 0 Å². The molecule has 1 spiro atoms. The number of amides is 3. The monoisotopic (exact) mass is 535 g/mol. The zero-order valence-corrected chi connectivity index (χ0v) is 23.3. The summed E-state index contributed by atoms with van der Waals surface area (Å²) in [5.41, 5.74) is -1.24. The van der Waals surface area contributed by atoms with Gasteiger partial charge in [0.25, 0.3) is 0 Å². The van der Waals surface area contributed by atoms with Crippen LogP contribution in [-0.4, -0.2) is 87.1 Å². The van der Waals surface area contributed by atoms with E-state index in [4.69, 9.17) is 4.74 Å². The summed E-state index contributed by atoms with van der Waals surface area (Å²) in [6, 6.07) is 9.00. The molecule has 2 saturated heterocycles. The zero-order chi connectivity index (χ0) is 27.8. The highest BCUT2D eigenvalue weighted by Crippen LogP contribution is 2.57. The number of aliphatic hydroxyl groups is 1. The van der Waals surface area contributed by atoms with Crippen LogP contribution in [0.25, 0.3) is 0 Å². The third kappa shape index (κ3) is 4.61. The Kier molecular flexibility index (Phi) is 7.71. The van der Waals surface area contributed by atoms with Gasteiger partial charge < -0.3 is 24.5 Å². The number of ether oxygens (including phenoxy) is 1. The summed E-state index contributed by atoms with van der Waals surface area (Å²) in [6.45, 7) is 7.69. The molecule has 1 N–H and O–H groups in total. The van der Waals surface area contributed by atoms with Gasteiger partial charge in [-0.05, 0) is 38.7 Å². The van der Waals surface area contributed by atoms with Crippen molar-refractivity contribution in [2.45, 2.75) is 76.3 Å². The molecular formula is C31H41N3O5. The minimum absolute atomic E-state index is 0.0149. The third-order valence-electron chi connectivity index (χ3n) is 8.93. The van der Waals surface area contributed by atoms with Gasteiger partial charge in [0.2, 0.25) is 17.7 Å². The lowest BCUT2D eigenvalue weighted by Gasteiger charge is -2.38. The number of unbranched alkanes of at least 4 members (excludes halogenated alkanes) is 1. The summed E-state index contributed by atoms with van der Waals surface area (Å²) in [4.78, 5) is 48.2. The Hall–Kier alpha value is -2.97. The first-order chi connectivity index (χ1) is 18.8. The Balaban J connectivity index is 1.56. The van der Waals surface area contributed by atoms with Gasteiger partial charge in [-0.25, -0.2) is 0 Å². The van der Waals surface area contributed by atoms with Gasteiger partial charge in [-0.3, -0.25) is 14.4 Å². The Bertz CT molecular complexity index is 1150. The molecule has 3 amide bonds. The quantitative estimate of drug-likeness (QED) is 0.388. The lowest BCUT2D eigenvalue weighted by molar-refractivity contribution is -0.154. The topological polar surface area (TPSA) is 90.4 Å². The number of carbonyl (C=O) groups is 3. The van der Waals surface area contributed by atoms with Gasteiger partial charge in [-0.1, -0.05) is 68.0 Å². The van der Waals surface area contributed by atoms with Gasteiger partial charge in [0.15, 0.2) is 0 Å². The van der Waals surface area contributed by atoms with Crippen molar-refractivity contribution in [3.63, 3.8) is 0 Å². The number of fused-ring (bicyclic) bond motifs is 2. The van der Waals surface area contributed by atoms with Crippen molar-refractivity contribution >= 4 is 17.7 Å². The van der Waals surface area contributed by atoms with Crippen LogP contribution in [0, 0.1) is 11.8 Å². The Morgan fingerprint density at radius 1 is 1.00 bits per heavy atom. The normalized spacial score (nSPS) is 32.7. The van der Waals surface area contributed by atoms with Crippen LogP contribution < -0.4 is 0 Å². The first-order valence-corrected chi connectivity index (χ1v) is 14.4. The maximum atomic E-state index is 14.3. The van der Waals surface area contributed by atoms with Gasteiger partial charge in [-0.2, -0.15) is 0 Å². The average Bonchev–Trinajstić information content (AvgIpc) is 3.18. The Morgan fingerprint density at radius 3 is 2.46 bits per heavy atom. The highest BCUT2D eigenvalue weighted by atomic mass is 16.5. The second-order valence-electron chi connectivity index (χ2n) is 11.6. The van der Waals surface area contributed by atoms with Crippen molar-refractivity contribution in [2.75, 3.05) is 26.2 Å². The number of rotatable bonds is 9. The van der Waals surface area contributed by atoms with Crippen LogP contribution in [0.15, 0.2) is 54.6 Å². The highest BCUT2D eigenvalue weighted by Gasteiger charge is 2.74. The summed E-state index contributed by atoms with van der Waals surface area (Å²) < 4.78 is 6.88. The molecule has 5 rings (SSSR count). The number of nitrogens with zero attached hydrogens (tertiary/aromatic N) is 3. The fourth-order valence-electron chi connectivity index (χ4n) is 7.14. The Morgan fingerprint density at radius 2 is 1.74 bits per heavy atom. The molecular weight excluding hydrogens is 494 g/mol. The van der Waals surface area contributed by atoms with E-state index in [0.29, 0.717) is 39.0 Å². The van der Waals surface area contributed by atoms with E-state index in [2.05, 4.69) is 6.92 Å². The predicted molar refractivity (Wildman–Crippen MR) is 147 cm³/mol. The Labute approximate surface area is 231 Å². The molecule has 4 aliphatic heterocycles. The molecule has 8 heteroatoms. The molecule has 210 valence electrons. The smallest absolute Gasteiger partial charge is 0.249 e. The van der Waals surface area contributed by atoms with Gasteiger partial charge in [0.1, 0.15) is 11.6 Å². The molecule has 0 bridgehead atoms. The standard InChI is InChI=1S/C31H41N3O5/c1-4-12-22(2)33-19-11-16-31-25(28(37)34(18-8-9-20-35)26(31)29(33)38)24-27(36)32(17-10-15-30(24,3)39-31)21-23-13-6-5-7-14-23/h5-7,10-11,13-16,22,24-26,35H,4,8-9,12,17-21H2,1-3H3/t22?,24-,25+,26?,30+,31+/m1/s1. The van der Waals surface area contributed by atoms with Crippen molar-refractivity contribution in [3.8, 4) is 0 Å². The van der Waals surface area contributed by atoms with Crippen molar-refractivity contribution in [1.82, 2.24) is 14.7 Å². The van der Waals surface area contributed by atoms with E-state index >= 15 is 0 Å². The predicted octanol–water partition coefficient (Wildman–Crippen LogP) is 2.92. The van der Waals surface area contributed by atoms with Crippen molar-refractivity contribution in [3.05, 3.63) is 60.2 Å². The number of hydrogen-bond donors (Lipinski definition) is 1. The van der Waals surface area contributed by atoms with E-state index in [0.717, 1.165) is 18.4 Å². The maximum Gasteiger partial charge on any atom is 0.249 e. The van der Waals surface area contributed by atoms with Gasteiger partial charge >= 0.3 is 0 Å². The second-order valence-corrected chi connectivity index (χ2v) is 11.6. The van der Waals surface area contributed by atoms with Crippen LogP contribution in [0.3, 0.4) is 0 Å². The molecule has 0 aliphatic carbocycles. The summed E-state index contributed by atoms with van der Waals surface area (Å²) in [7, 11) is 0. The molecule has 0 aromatic heterocycles. The number of hydrogen-bond acceptors (Lipinski definition) is 5. The van der Waals surface area contributed by atoms with E-state index in [-0.39, 0.29) is 30.4 Å². The first kappa shape index (κ1) is 27.6.